The van der Waals surface area contributed by atoms with Crippen LogP contribution < -0.4 is 5.32 Å². The average molecular weight is 229 g/mol. The number of benzene rings is 1. The van der Waals surface area contributed by atoms with Gasteiger partial charge in [0.25, 0.3) is 0 Å². The van der Waals surface area contributed by atoms with Crippen LogP contribution in [0.25, 0.3) is 11.5 Å². The molecule has 0 spiro atoms. The Morgan fingerprint density at radius 2 is 2.06 bits per heavy atom. The molecule has 0 saturated heterocycles. The fourth-order valence-corrected chi connectivity index (χ4v) is 1.58. The number of nitrogens with one attached hydrogen (secondary N) is 1. The molecule has 86 valence electrons. The molecule has 0 unspecified atom stereocenters. The maximum Gasteiger partial charge on any atom is 0.247 e. The van der Waals surface area contributed by atoms with E-state index < -0.39 is 0 Å². The van der Waals surface area contributed by atoms with Crippen molar-refractivity contribution in [3.63, 3.8) is 0 Å². The Labute approximate surface area is 97.9 Å². The third-order valence-electron chi connectivity index (χ3n) is 2.71. The second kappa shape index (κ2) is 4.01. The SMILES string of the molecule is O=C(Nc1ccc(-c2nnco2)cc1)C1CC1. The van der Waals surface area contributed by atoms with Gasteiger partial charge in [-0.1, -0.05) is 0 Å². The Hall–Kier alpha value is -2.17. The first kappa shape index (κ1) is 10.0. The fourth-order valence-electron chi connectivity index (χ4n) is 1.58. The molecule has 1 N–H and O–H groups in total. The maximum atomic E-state index is 11.5. The van der Waals surface area contributed by atoms with Gasteiger partial charge in [-0.15, -0.1) is 10.2 Å². The quantitative estimate of drug-likeness (QED) is 0.874. The van der Waals surface area contributed by atoms with Crippen molar-refractivity contribution < 1.29 is 9.21 Å². The minimum Gasteiger partial charge on any atom is -0.423 e. The summed E-state index contributed by atoms with van der Waals surface area (Å²) >= 11 is 0. The standard InChI is InChI=1S/C12H11N3O2/c16-11(8-1-2-8)14-10-5-3-9(4-6-10)12-15-13-7-17-12/h3-8H,1-2H2,(H,14,16). The lowest BCUT2D eigenvalue weighted by Crippen LogP contribution is -2.12. The molecule has 0 aliphatic heterocycles. The zero-order valence-electron chi connectivity index (χ0n) is 9.09. The van der Waals surface area contributed by atoms with Crippen LogP contribution in [0.2, 0.25) is 0 Å². The van der Waals surface area contributed by atoms with Crippen molar-refractivity contribution in [2.75, 3.05) is 5.32 Å². The first-order valence-electron chi connectivity index (χ1n) is 5.50. The molecule has 0 atom stereocenters. The molecule has 5 nitrogen and oxygen atoms in total. The summed E-state index contributed by atoms with van der Waals surface area (Å²) in [5.41, 5.74) is 1.64. The van der Waals surface area contributed by atoms with Crippen LogP contribution in [0, 0.1) is 5.92 Å². The second-order valence-electron chi connectivity index (χ2n) is 4.08. The Balaban J connectivity index is 1.73. The van der Waals surface area contributed by atoms with Crippen LogP contribution in [0.4, 0.5) is 5.69 Å². The Morgan fingerprint density at radius 3 is 2.65 bits per heavy atom. The lowest BCUT2D eigenvalue weighted by atomic mass is 10.2. The number of carbonyl (C=O) groups excluding carboxylic acids is 1. The van der Waals surface area contributed by atoms with Crippen molar-refractivity contribution in [3.8, 4) is 11.5 Å². The molecule has 3 rings (SSSR count). The maximum absolute atomic E-state index is 11.5. The molecule has 1 aliphatic carbocycles. The molecular weight excluding hydrogens is 218 g/mol. The van der Waals surface area contributed by atoms with E-state index in [1.54, 1.807) is 0 Å². The van der Waals surface area contributed by atoms with Crippen LogP contribution >= 0.6 is 0 Å². The monoisotopic (exact) mass is 229 g/mol. The van der Waals surface area contributed by atoms with Crippen molar-refractivity contribution in [1.82, 2.24) is 10.2 Å². The first-order valence-corrected chi connectivity index (χ1v) is 5.50. The van der Waals surface area contributed by atoms with Gasteiger partial charge >= 0.3 is 0 Å². The second-order valence-corrected chi connectivity index (χ2v) is 4.08. The zero-order chi connectivity index (χ0) is 11.7. The third-order valence-corrected chi connectivity index (χ3v) is 2.71. The van der Waals surface area contributed by atoms with Crippen LogP contribution in [-0.4, -0.2) is 16.1 Å². The van der Waals surface area contributed by atoms with E-state index in [0.29, 0.717) is 5.89 Å². The summed E-state index contributed by atoms with van der Waals surface area (Å²) in [5.74, 6) is 0.797. The van der Waals surface area contributed by atoms with Crippen LogP contribution in [0.5, 0.6) is 0 Å². The van der Waals surface area contributed by atoms with Crippen molar-refractivity contribution >= 4 is 11.6 Å². The molecule has 1 aromatic carbocycles. The Morgan fingerprint density at radius 1 is 1.29 bits per heavy atom. The van der Waals surface area contributed by atoms with E-state index in [-0.39, 0.29) is 11.8 Å². The molecule has 0 radical (unpaired) electrons. The highest BCUT2D eigenvalue weighted by Crippen LogP contribution is 2.30. The summed E-state index contributed by atoms with van der Waals surface area (Å²) in [6.45, 7) is 0. The molecule has 1 saturated carbocycles. The molecule has 0 bridgehead atoms. The van der Waals surface area contributed by atoms with Gasteiger partial charge in [-0.3, -0.25) is 4.79 Å². The topological polar surface area (TPSA) is 68.0 Å². The number of anilines is 1. The Kier molecular flexibility index (Phi) is 2.36. The Bertz CT molecular complexity index is 515. The van der Waals surface area contributed by atoms with Crippen LogP contribution in [-0.2, 0) is 4.79 Å². The van der Waals surface area contributed by atoms with Gasteiger partial charge in [-0.25, -0.2) is 0 Å². The predicted octanol–water partition coefficient (Wildman–Crippen LogP) is 2.09. The van der Waals surface area contributed by atoms with E-state index in [1.807, 2.05) is 24.3 Å². The van der Waals surface area contributed by atoms with Crippen LogP contribution in [0.15, 0.2) is 35.1 Å². The molecule has 1 aromatic heterocycles. The first-order chi connectivity index (χ1) is 8.33. The van der Waals surface area contributed by atoms with Gasteiger partial charge in [0, 0.05) is 17.2 Å². The number of amides is 1. The van der Waals surface area contributed by atoms with Gasteiger partial charge in [0.2, 0.25) is 18.2 Å². The van der Waals surface area contributed by atoms with Crippen molar-refractivity contribution in [2.45, 2.75) is 12.8 Å². The van der Waals surface area contributed by atoms with Gasteiger partial charge in [-0.05, 0) is 37.1 Å². The number of hydrogen-bond donors (Lipinski definition) is 1. The largest absolute Gasteiger partial charge is 0.423 e. The molecule has 2 aromatic rings. The molecule has 1 heterocycles. The lowest BCUT2D eigenvalue weighted by Gasteiger charge is -2.04. The highest BCUT2D eigenvalue weighted by Gasteiger charge is 2.29. The zero-order valence-corrected chi connectivity index (χ0v) is 9.09. The molecule has 5 heteroatoms. The summed E-state index contributed by atoms with van der Waals surface area (Å²) in [4.78, 5) is 11.5. The molecule has 17 heavy (non-hydrogen) atoms. The van der Waals surface area contributed by atoms with Gasteiger partial charge in [-0.2, -0.15) is 0 Å². The number of carbonyl (C=O) groups is 1. The summed E-state index contributed by atoms with van der Waals surface area (Å²) in [7, 11) is 0. The van der Waals surface area contributed by atoms with Crippen molar-refractivity contribution in [1.29, 1.82) is 0 Å². The van der Waals surface area contributed by atoms with E-state index in [4.69, 9.17) is 4.42 Å². The van der Waals surface area contributed by atoms with Crippen molar-refractivity contribution in [2.24, 2.45) is 5.92 Å². The van der Waals surface area contributed by atoms with E-state index in [1.165, 1.54) is 6.39 Å². The summed E-state index contributed by atoms with van der Waals surface area (Å²) in [6, 6.07) is 7.35. The predicted molar refractivity (Wildman–Crippen MR) is 61.1 cm³/mol. The molecule has 1 fully saturated rings. The van der Waals surface area contributed by atoms with Crippen molar-refractivity contribution in [3.05, 3.63) is 30.7 Å². The highest BCUT2D eigenvalue weighted by atomic mass is 16.4. The average Bonchev–Trinajstić information content (AvgIpc) is 3.07. The molecular formula is C12H11N3O2. The van der Waals surface area contributed by atoms with Crippen LogP contribution in [0.1, 0.15) is 12.8 Å². The fraction of sp³-hybridized carbons (Fsp3) is 0.250. The smallest absolute Gasteiger partial charge is 0.247 e. The summed E-state index contributed by atoms with van der Waals surface area (Å²) in [6.07, 6.45) is 3.30. The van der Waals surface area contributed by atoms with E-state index in [0.717, 1.165) is 24.1 Å². The number of rotatable bonds is 3. The number of aromatic nitrogens is 2. The number of hydrogen-bond acceptors (Lipinski definition) is 4. The number of nitrogens with zero attached hydrogens (tertiary/aromatic N) is 2. The summed E-state index contributed by atoms with van der Waals surface area (Å²) in [5, 5.41) is 10.3. The normalized spacial score (nSPS) is 14.6. The van der Waals surface area contributed by atoms with E-state index in [9.17, 15) is 4.79 Å². The van der Waals surface area contributed by atoms with Gasteiger partial charge < -0.3 is 9.73 Å². The minimum absolute atomic E-state index is 0.107. The minimum atomic E-state index is 0.107. The molecule has 1 aliphatic rings. The summed E-state index contributed by atoms with van der Waals surface area (Å²) < 4.78 is 5.08. The third kappa shape index (κ3) is 2.18. The van der Waals surface area contributed by atoms with Crippen LogP contribution in [0.3, 0.4) is 0 Å². The lowest BCUT2D eigenvalue weighted by molar-refractivity contribution is -0.117. The van der Waals surface area contributed by atoms with E-state index >= 15 is 0 Å². The highest BCUT2D eigenvalue weighted by molar-refractivity contribution is 5.94. The van der Waals surface area contributed by atoms with Gasteiger partial charge in [0.05, 0.1) is 0 Å². The van der Waals surface area contributed by atoms with Gasteiger partial charge in [0.1, 0.15) is 0 Å². The molecule has 1 amide bonds. The van der Waals surface area contributed by atoms with E-state index in [2.05, 4.69) is 15.5 Å². The van der Waals surface area contributed by atoms with Gasteiger partial charge in [0.15, 0.2) is 0 Å².